The molecule has 6 heteroatoms. The van der Waals surface area contributed by atoms with Gasteiger partial charge in [-0.05, 0) is 36.8 Å². The van der Waals surface area contributed by atoms with Crippen LogP contribution in [0.1, 0.15) is 25.5 Å². The van der Waals surface area contributed by atoms with Crippen LogP contribution in [-0.4, -0.2) is 29.4 Å². The van der Waals surface area contributed by atoms with Gasteiger partial charge in [0.25, 0.3) is 0 Å². The Kier molecular flexibility index (Phi) is 4.59. The first-order valence-electron chi connectivity index (χ1n) is 6.67. The number of aromatic hydroxyl groups is 1. The summed E-state index contributed by atoms with van der Waals surface area (Å²) in [4.78, 5) is 4.03. The Morgan fingerprint density at radius 3 is 2.62 bits per heavy atom. The topological polar surface area (TPSA) is 70.5 Å². The van der Waals surface area contributed by atoms with E-state index in [1.165, 1.54) is 22.8 Å². The lowest BCUT2D eigenvalue weighted by Gasteiger charge is -2.27. The van der Waals surface area contributed by atoms with Crippen molar-refractivity contribution >= 4 is 10.0 Å². The molecule has 0 amide bonds. The number of hydrogen-bond donors (Lipinski definition) is 1. The van der Waals surface area contributed by atoms with E-state index in [0.29, 0.717) is 6.54 Å². The number of phenols is 1. The van der Waals surface area contributed by atoms with E-state index in [4.69, 9.17) is 0 Å². The summed E-state index contributed by atoms with van der Waals surface area (Å²) in [6.07, 6.45) is 2.88. The average molecular weight is 306 g/mol. The molecular weight excluding hydrogens is 288 g/mol. The van der Waals surface area contributed by atoms with Gasteiger partial charge in [0.2, 0.25) is 10.0 Å². The van der Waals surface area contributed by atoms with Crippen LogP contribution in [0.3, 0.4) is 0 Å². The van der Waals surface area contributed by atoms with Gasteiger partial charge in [-0.2, -0.15) is 4.31 Å². The van der Waals surface area contributed by atoms with E-state index < -0.39 is 10.0 Å². The van der Waals surface area contributed by atoms with E-state index in [-0.39, 0.29) is 16.7 Å². The monoisotopic (exact) mass is 306 g/mol. The molecule has 0 unspecified atom stereocenters. The Balaban J connectivity index is 2.40. The molecule has 2 aromatic rings. The maximum atomic E-state index is 12.7. The van der Waals surface area contributed by atoms with Crippen LogP contribution < -0.4 is 0 Å². The molecular formula is C15H18N2O3S. The Hall–Kier alpha value is -1.92. The Morgan fingerprint density at radius 2 is 2.05 bits per heavy atom. The number of aromatic nitrogens is 1. The Bertz CT molecular complexity index is 702. The summed E-state index contributed by atoms with van der Waals surface area (Å²) in [5, 5.41) is 9.56. The first-order chi connectivity index (χ1) is 9.96. The molecule has 0 fully saturated rings. The first-order valence-corrected chi connectivity index (χ1v) is 8.11. The Morgan fingerprint density at radius 1 is 1.29 bits per heavy atom. The van der Waals surface area contributed by atoms with Crippen LogP contribution in [0.4, 0.5) is 0 Å². The third-order valence-corrected chi connectivity index (χ3v) is 5.37. The number of hydrogen-bond acceptors (Lipinski definition) is 4. The fourth-order valence-electron chi connectivity index (χ4n) is 2.24. The van der Waals surface area contributed by atoms with E-state index >= 15 is 0 Å². The summed E-state index contributed by atoms with van der Waals surface area (Å²) in [5.74, 6) is 0.120. The van der Waals surface area contributed by atoms with Crippen molar-refractivity contribution in [3.8, 4) is 5.75 Å². The lowest BCUT2D eigenvalue weighted by atomic mass is 10.1. The van der Waals surface area contributed by atoms with Crippen LogP contribution in [0, 0.1) is 0 Å². The lowest BCUT2D eigenvalue weighted by molar-refractivity contribution is 0.355. The van der Waals surface area contributed by atoms with Gasteiger partial charge in [-0.15, -0.1) is 0 Å². The zero-order valence-corrected chi connectivity index (χ0v) is 12.8. The second kappa shape index (κ2) is 6.24. The molecule has 0 saturated carbocycles. The largest absolute Gasteiger partial charge is 0.508 e. The quantitative estimate of drug-likeness (QED) is 0.921. The minimum atomic E-state index is -3.62. The van der Waals surface area contributed by atoms with Gasteiger partial charge in [0, 0.05) is 25.0 Å². The van der Waals surface area contributed by atoms with Gasteiger partial charge in [0.05, 0.1) is 0 Å². The number of benzene rings is 1. The molecule has 1 aromatic carbocycles. The minimum absolute atomic E-state index is 0.120. The van der Waals surface area contributed by atoms with Gasteiger partial charge in [-0.1, -0.05) is 19.1 Å². The molecule has 0 aliphatic rings. The fraction of sp³-hybridized carbons (Fsp3) is 0.267. The van der Waals surface area contributed by atoms with Crippen molar-refractivity contribution in [2.45, 2.75) is 24.8 Å². The maximum Gasteiger partial charge on any atom is 0.245 e. The van der Waals surface area contributed by atoms with Crippen molar-refractivity contribution in [3.63, 3.8) is 0 Å². The number of sulfonamides is 1. The van der Waals surface area contributed by atoms with Crippen LogP contribution in [0.25, 0.3) is 0 Å². The van der Waals surface area contributed by atoms with E-state index in [1.807, 2.05) is 0 Å². The fourth-order valence-corrected chi connectivity index (χ4v) is 3.83. The Labute approximate surface area is 124 Å². The summed E-state index contributed by atoms with van der Waals surface area (Å²) in [5.41, 5.74) is 0.740. The van der Waals surface area contributed by atoms with Crippen molar-refractivity contribution in [1.82, 2.24) is 9.29 Å². The molecule has 1 aromatic heterocycles. The van der Waals surface area contributed by atoms with Gasteiger partial charge in [-0.3, -0.25) is 4.98 Å². The molecule has 1 heterocycles. The second-order valence-electron chi connectivity index (χ2n) is 4.67. The third-order valence-electron chi connectivity index (χ3n) is 3.34. The molecule has 1 N–H and O–H groups in total. The average Bonchev–Trinajstić information content (AvgIpc) is 2.48. The highest BCUT2D eigenvalue weighted by Crippen LogP contribution is 2.28. The number of rotatable bonds is 5. The predicted octanol–water partition coefficient (Wildman–Crippen LogP) is 2.56. The highest BCUT2D eigenvalue weighted by atomic mass is 32.2. The van der Waals surface area contributed by atoms with Gasteiger partial charge >= 0.3 is 0 Å². The number of nitrogens with zero attached hydrogens (tertiary/aromatic N) is 2. The molecule has 0 radical (unpaired) electrons. The molecule has 1 atom stereocenters. The molecule has 0 spiro atoms. The highest BCUT2D eigenvalue weighted by Gasteiger charge is 2.28. The van der Waals surface area contributed by atoms with Crippen LogP contribution in [0.15, 0.2) is 53.7 Å². The molecule has 21 heavy (non-hydrogen) atoms. The van der Waals surface area contributed by atoms with Crippen molar-refractivity contribution in [3.05, 3.63) is 54.4 Å². The predicted molar refractivity (Wildman–Crippen MR) is 80.3 cm³/mol. The van der Waals surface area contributed by atoms with Crippen molar-refractivity contribution in [2.75, 3.05) is 6.54 Å². The van der Waals surface area contributed by atoms with E-state index in [9.17, 15) is 13.5 Å². The van der Waals surface area contributed by atoms with Gasteiger partial charge in [0.1, 0.15) is 10.6 Å². The second-order valence-corrected chi connectivity index (χ2v) is 6.56. The van der Waals surface area contributed by atoms with Gasteiger partial charge < -0.3 is 5.11 Å². The first kappa shape index (κ1) is 15.5. The summed E-state index contributed by atoms with van der Waals surface area (Å²) in [7, 11) is -3.62. The molecule has 112 valence electrons. The minimum Gasteiger partial charge on any atom is -0.508 e. The SMILES string of the molecule is CCN([C@H](C)c1cccc(O)c1)S(=O)(=O)c1cccnc1. The molecule has 0 aliphatic heterocycles. The number of phenolic OH excluding ortho intramolecular Hbond substituents is 1. The van der Waals surface area contributed by atoms with Crippen molar-refractivity contribution in [1.29, 1.82) is 0 Å². The zero-order chi connectivity index (χ0) is 15.5. The molecule has 0 aliphatic carbocycles. The van der Waals surface area contributed by atoms with E-state index in [0.717, 1.165) is 5.56 Å². The summed E-state index contributed by atoms with van der Waals surface area (Å²) < 4.78 is 26.8. The third kappa shape index (κ3) is 3.22. The van der Waals surface area contributed by atoms with Crippen LogP contribution >= 0.6 is 0 Å². The highest BCUT2D eigenvalue weighted by molar-refractivity contribution is 7.89. The van der Waals surface area contributed by atoms with Gasteiger partial charge in [-0.25, -0.2) is 8.42 Å². The smallest absolute Gasteiger partial charge is 0.245 e. The van der Waals surface area contributed by atoms with E-state index in [2.05, 4.69) is 4.98 Å². The molecule has 5 nitrogen and oxygen atoms in total. The maximum absolute atomic E-state index is 12.7. The van der Waals surface area contributed by atoms with Gasteiger partial charge in [0.15, 0.2) is 0 Å². The van der Waals surface area contributed by atoms with Crippen LogP contribution in [0.2, 0.25) is 0 Å². The zero-order valence-electron chi connectivity index (χ0n) is 12.0. The molecule has 0 bridgehead atoms. The summed E-state index contributed by atoms with van der Waals surface area (Å²) >= 11 is 0. The standard InChI is InChI=1S/C15H18N2O3S/c1-3-17(12(2)13-6-4-7-14(18)10-13)21(19,20)15-8-5-9-16-11-15/h4-12,18H,3H2,1-2H3/t12-/m1/s1. The van der Waals surface area contributed by atoms with Crippen molar-refractivity contribution < 1.29 is 13.5 Å². The summed E-state index contributed by atoms with van der Waals surface area (Å²) in [6.45, 7) is 3.91. The van der Waals surface area contributed by atoms with Crippen LogP contribution in [-0.2, 0) is 10.0 Å². The molecule has 0 saturated heterocycles. The lowest BCUT2D eigenvalue weighted by Crippen LogP contribution is -2.33. The van der Waals surface area contributed by atoms with E-state index in [1.54, 1.807) is 44.2 Å². The molecule has 2 rings (SSSR count). The normalized spacial score (nSPS) is 13.3. The number of pyridine rings is 1. The van der Waals surface area contributed by atoms with Crippen molar-refractivity contribution in [2.24, 2.45) is 0 Å². The summed E-state index contributed by atoms with van der Waals surface area (Å²) in [6, 6.07) is 9.37. The van der Waals surface area contributed by atoms with Crippen LogP contribution in [0.5, 0.6) is 5.75 Å².